The van der Waals surface area contributed by atoms with E-state index in [2.05, 4.69) is 36.5 Å². The Morgan fingerprint density at radius 2 is 1.93 bits per heavy atom. The van der Waals surface area contributed by atoms with Crippen LogP contribution in [0.1, 0.15) is 32.3 Å². The number of nitrogens with two attached hydrogens (primary N) is 1. The van der Waals surface area contributed by atoms with Gasteiger partial charge in [-0.15, -0.1) is 0 Å². The predicted octanol–water partition coefficient (Wildman–Crippen LogP) is 2.79. The van der Waals surface area contributed by atoms with Crippen molar-refractivity contribution in [2.75, 3.05) is 11.9 Å². The molecule has 1 unspecified atom stereocenters. The molecule has 84 valence electrons. The molecule has 0 saturated heterocycles. The Morgan fingerprint density at radius 1 is 1.27 bits per heavy atom. The van der Waals surface area contributed by atoms with Crippen molar-refractivity contribution in [1.82, 2.24) is 0 Å². The molecule has 0 fully saturated rings. The Bertz CT molecular complexity index is 264. The van der Waals surface area contributed by atoms with Crippen LogP contribution in [0.15, 0.2) is 24.3 Å². The summed E-state index contributed by atoms with van der Waals surface area (Å²) >= 11 is 0. The van der Waals surface area contributed by atoms with Gasteiger partial charge in [-0.3, -0.25) is 0 Å². The highest BCUT2D eigenvalue weighted by Crippen LogP contribution is 2.11. The normalized spacial score (nSPS) is 12.5. The average Bonchev–Trinajstić information content (AvgIpc) is 2.25. The molecule has 3 N–H and O–H groups in total. The largest absolute Gasteiger partial charge is 0.383 e. The van der Waals surface area contributed by atoms with E-state index in [1.54, 1.807) is 0 Å². The standard InChI is InChI=1S/C13H22N2/c1-3-4-5-12-6-8-13(9-7-12)15-10-11(2)14/h6-9,11,15H,3-5,10,14H2,1-2H3. The second kappa shape index (κ2) is 6.46. The first-order valence-corrected chi connectivity index (χ1v) is 5.80. The van der Waals surface area contributed by atoms with Crippen LogP contribution in [0.5, 0.6) is 0 Å². The van der Waals surface area contributed by atoms with E-state index in [1.807, 2.05) is 6.92 Å². The lowest BCUT2D eigenvalue weighted by atomic mass is 10.1. The van der Waals surface area contributed by atoms with E-state index in [-0.39, 0.29) is 6.04 Å². The Balaban J connectivity index is 2.41. The minimum Gasteiger partial charge on any atom is -0.383 e. The molecule has 0 aromatic heterocycles. The first-order valence-electron chi connectivity index (χ1n) is 5.80. The van der Waals surface area contributed by atoms with Crippen molar-refractivity contribution in [3.05, 3.63) is 29.8 Å². The SMILES string of the molecule is CCCCc1ccc(NCC(C)N)cc1. The lowest BCUT2D eigenvalue weighted by Crippen LogP contribution is -2.25. The van der Waals surface area contributed by atoms with Gasteiger partial charge in [0.15, 0.2) is 0 Å². The number of unbranched alkanes of at least 4 members (excludes halogenated alkanes) is 1. The molecule has 2 heteroatoms. The highest BCUT2D eigenvalue weighted by Gasteiger charge is 1.96. The third-order valence-corrected chi connectivity index (χ3v) is 2.40. The van der Waals surface area contributed by atoms with Crippen LogP contribution >= 0.6 is 0 Å². The summed E-state index contributed by atoms with van der Waals surface area (Å²) < 4.78 is 0. The summed E-state index contributed by atoms with van der Waals surface area (Å²) in [6, 6.07) is 8.85. The highest BCUT2D eigenvalue weighted by molar-refractivity contribution is 5.44. The molecule has 0 radical (unpaired) electrons. The molecule has 0 bridgehead atoms. The molecule has 1 aromatic carbocycles. The summed E-state index contributed by atoms with van der Waals surface area (Å²) in [5, 5.41) is 3.30. The van der Waals surface area contributed by atoms with E-state index in [0.29, 0.717) is 0 Å². The van der Waals surface area contributed by atoms with Crippen molar-refractivity contribution in [2.45, 2.75) is 39.2 Å². The topological polar surface area (TPSA) is 38.0 Å². The van der Waals surface area contributed by atoms with Crippen molar-refractivity contribution in [3.63, 3.8) is 0 Å². The summed E-state index contributed by atoms with van der Waals surface area (Å²) in [6.07, 6.45) is 3.71. The van der Waals surface area contributed by atoms with Crippen molar-refractivity contribution >= 4 is 5.69 Å². The monoisotopic (exact) mass is 206 g/mol. The Morgan fingerprint density at radius 3 is 2.47 bits per heavy atom. The average molecular weight is 206 g/mol. The molecular formula is C13H22N2. The zero-order valence-electron chi connectivity index (χ0n) is 9.79. The Kier molecular flexibility index (Phi) is 5.19. The summed E-state index contributed by atoms with van der Waals surface area (Å²) in [4.78, 5) is 0. The predicted molar refractivity (Wildman–Crippen MR) is 67.2 cm³/mol. The summed E-state index contributed by atoms with van der Waals surface area (Å²) in [5.41, 5.74) is 8.25. The molecule has 0 aliphatic rings. The maximum absolute atomic E-state index is 5.67. The van der Waals surface area contributed by atoms with Crippen LogP contribution in [0.4, 0.5) is 5.69 Å². The van der Waals surface area contributed by atoms with Gasteiger partial charge in [-0.25, -0.2) is 0 Å². The number of benzene rings is 1. The first-order chi connectivity index (χ1) is 7.22. The van der Waals surface area contributed by atoms with E-state index in [1.165, 1.54) is 24.8 Å². The van der Waals surface area contributed by atoms with Gasteiger partial charge in [0.1, 0.15) is 0 Å². The molecule has 2 nitrogen and oxygen atoms in total. The van der Waals surface area contributed by atoms with E-state index < -0.39 is 0 Å². The minimum atomic E-state index is 0.199. The number of nitrogens with one attached hydrogen (secondary N) is 1. The molecule has 0 aliphatic heterocycles. The van der Waals surface area contributed by atoms with E-state index in [4.69, 9.17) is 5.73 Å². The number of hydrogen-bond acceptors (Lipinski definition) is 2. The zero-order valence-corrected chi connectivity index (χ0v) is 9.79. The zero-order chi connectivity index (χ0) is 11.1. The molecule has 1 rings (SSSR count). The smallest absolute Gasteiger partial charge is 0.0340 e. The van der Waals surface area contributed by atoms with Gasteiger partial charge in [0.2, 0.25) is 0 Å². The molecule has 0 aliphatic carbocycles. The van der Waals surface area contributed by atoms with Gasteiger partial charge < -0.3 is 11.1 Å². The fourth-order valence-corrected chi connectivity index (χ4v) is 1.45. The minimum absolute atomic E-state index is 0.199. The lowest BCUT2D eigenvalue weighted by molar-refractivity contribution is 0.779. The van der Waals surface area contributed by atoms with Crippen molar-refractivity contribution in [1.29, 1.82) is 0 Å². The number of rotatable bonds is 6. The molecule has 0 spiro atoms. The fraction of sp³-hybridized carbons (Fsp3) is 0.538. The maximum Gasteiger partial charge on any atom is 0.0340 e. The lowest BCUT2D eigenvalue weighted by Gasteiger charge is -2.09. The van der Waals surface area contributed by atoms with Gasteiger partial charge in [0, 0.05) is 18.3 Å². The fourth-order valence-electron chi connectivity index (χ4n) is 1.45. The molecule has 0 heterocycles. The van der Waals surface area contributed by atoms with Crippen LogP contribution in [-0.4, -0.2) is 12.6 Å². The van der Waals surface area contributed by atoms with Gasteiger partial charge in [-0.1, -0.05) is 25.5 Å². The highest BCUT2D eigenvalue weighted by atomic mass is 14.9. The first kappa shape index (κ1) is 12.1. The van der Waals surface area contributed by atoms with Gasteiger partial charge in [-0.05, 0) is 37.5 Å². The third-order valence-electron chi connectivity index (χ3n) is 2.40. The van der Waals surface area contributed by atoms with Gasteiger partial charge in [-0.2, -0.15) is 0 Å². The summed E-state index contributed by atoms with van der Waals surface area (Å²) in [6.45, 7) is 5.05. The summed E-state index contributed by atoms with van der Waals surface area (Å²) in [7, 11) is 0. The third kappa shape index (κ3) is 4.84. The van der Waals surface area contributed by atoms with Crippen LogP contribution in [0.2, 0.25) is 0 Å². The van der Waals surface area contributed by atoms with E-state index >= 15 is 0 Å². The van der Waals surface area contributed by atoms with Crippen molar-refractivity contribution in [3.8, 4) is 0 Å². The van der Waals surface area contributed by atoms with E-state index in [0.717, 1.165) is 12.2 Å². The van der Waals surface area contributed by atoms with Crippen LogP contribution < -0.4 is 11.1 Å². The quantitative estimate of drug-likeness (QED) is 0.751. The Labute approximate surface area is 92.9 Å². The maximum atomic E-state index is 5.67. The molecule has 1 atom stereocenters. The van der Waals surface area contributed by atoms with Crippen molar-refractivity contribution in [2.24, 2.45) is 5.73 Å². The number of aryl methyl sites for hydroxylation is 1. The molecular weight excluding hydrogens is 184 g/mol. The van der Waals surface area contributed by atoms with Crippen molar-refractivity contribution < 1.29 is 0 Å². The van der Waals surface area contributed by atoms with Gasteiger partial charge in [0.05, 0.1) is 0 Å². The second-order valence-electron chi connectivity index (χ2n) is 4.16. The van der Waals surface area contributed by atoms with E-state index in [9.17, 15) is 0 Å². The van der Waals surface area contributed by atoms with Crippen LogP contribution in [0, 0.1) is 0 Å². The van der Waals surface area contributed by atoms with Gasteiger partial charge in [0.25, 0.3) is 0 Å². The molecule has 1 aromatic rings. The second-order valence-corrected chi connectivity index (χ2v) is 4.16. The Hall–Kier alpha value is -1.02. The van der Waals surface area contributed by atoms with Crippen LogP contribution in [0.3, 0.4) is 0 Å². The number of hydrogen-bond donors (Lipinski definition) is 2. The van der Waals surface area contributed by atoms with Crippen LogP contribution in [-0.2, 0) is 6.42 Å². The molecule has 15 heavy (non-hydrogen) atoms. The molecule has 0 saturated carbocycles. The number of anilines is 1. The van der Waals surface area contributed by atoms with Crippen LogP contribution in [0.25, 0.3) is 0 Å². The summed E-state index contributed by atoms with van der Waals surface area (Å²) in [5.74, 6) is 0. The van der Waals surface area contributed by atoms with Gasteiger partial charge >= 0.3 is 0 Å². The molecule has 0 amide bonds.